The van der Waals surface area contributed by atoms with E-state index in [0.29, 0.717) is 27.2 Å². The van der Waals surface area contributed by atoms with Crippen LogP contribution in [0.3, 0.4) is 0 Å². The van der Waals surface area contributed by atoms with Gasteiger partial charge in [-0.1, -0.05) is 60.1 Å². The first-order chi connectivity index (χ1) is 13.5. The fraction of sp³-hybridized carbons (Fsp3) is 0.143. The second-order valence-corrected chi connectivity index (χ2v) is 8.03. The number of anilines is 1. The Balaban J connectivity index is 1.84. The van der Waals surface area contributed by atoms with Crippen molar-refractivity contribution >= 4 is 51.2 Å². The molecule has 4 nitrogen and oxygen atoms in total. The molecule has 7 heteroatoms. The summed E-state index contributed by atoms with van der Waals surface area (Å²) in [6.07, 6.45) is 0. The molecule has 0 aliphatic rings. The van der Waals surface area contributed by atoms with Gasteiger partial charge in [-0.3, -0.25) is 0 Å². The zero-order valence-electron chi connectivity index (χ0n) is 15.4. The molecular weight excluding hydrogens is 412 g/mol. The van der Waals surface area contributed by atoms with Gasteiger partial charge < -0.3 is 15.4 Å². The first-order valence-corrected chi connectivity index (χ1v) is 10.2. The van der Waals surface area contributed by atoms with Gasteiger partial charge >= 0.3 is 5.97 Å². The van der Waals surface area contributed by atoms with E-state index in [1.54, 1.807) is 0 Å². The van der Waals surface area contributed by atoms with Crippen molar-refractivity contribution in [3.63, 3.8) is 0 Å². The monoisotopic (exact) mass is 430 g/mol. The summed E-state index contributed by atoms with van der Waals surface area (Å²) in [5, 5.41) is 8.01. The number of benzene rings is 2. The Morgan fingerprint density at radius 2 is 1.82 bits per heavy atom. The van der Waals surface area contributed by atoms with Crippen LogP contribution < -0.4 is 10.6 Å². The Kier molecular flexibility index (Phi) is 6.67. The summed E-state index contributed by atoms with van der Waals surface area (Å²) in [6.45, 7) is 2.46. The van der Waals surface area contributed by atoms with Crippen molar-refractivity contribution in [2.75, 3.05) is 12.4 Å². The number of carbonyl (C=O) groups is 1. The number of thiophene rings is 1. The van der Waals surface area contributed by atoms with E-state index >= 15 is 0 Å². The summed E-state index contributed by atoms with van der Waals surface area (Å²) >= 11 is 13.1. The quantitative estimate of drug-likeness (QED) is 0.404. The van der Waals surface area contributed by atoms with Crippen LogP contribution in [0.5, 0.6) is 0 Å². The second kappa shape index (κ2) is 9.19. The van der Waals surface area contributed by atoms with Crippen LogP contribution >= 0.6 is 35.2 Å². The average molecular weight is 431 g/mol. The maximum absolute atomic E-state index is 12.5. The van der Waals surface area contributed by atoms with Crippen LogP contribution in [0.1, 0.15) is 20.8 Å². The number of aryl methyl sites for hydroxylation is 1. The SMILES string of the molecule is COC(=O)c1c(NC(=S)NCc2ccccc2Cl)sc(C)c1-c1ccccc1. The molecule has 3 aromatic rings. The summed E-state index contributed by atoms with van der Waals surface area (Å²) in [5.41, 5.74) is 3.24. The van der Waals surface area contributed by atoms with Crippen molar-refractivity contribution in [1.82, 2.24) is 5.32 Å². The lowest BCUT2D eigenvalue weighted by Crippen LogP contribution is -2.28. The molecule has 2 N–H and O–H groups in total. The summed E-state index contributed by atoms with van der Waals surface area (Å²) in [7, 11) is 1.38. The van der Waals surface area contributed by atoms with Gasteiger partial charge in [0.25, 0.3) is 0 Å². The van der Waals surface area contributed by atoms with Crippen LogP contribution in [0.4, 0.5) is 5.00 Å². The van der Waals surface area contributed by atoms with Crippen molar-refractivity contribution < 1.29 is 9.53 Å². The number of carbonyl (C=O) groups excluding carboxylic acids is 1. The van der Waals surface area contributed by atoms with Crippen molar-refractivity contribution in [3.8, 4) is 11.1 Å². The van der Waals surface area contributed by atoms with Gasteiger partial charge in [-0.05, 0) is 36.3 Å². The Morgan fingerprint density at radius 1 is 1.14 bits per heavy atom. The van der Waals surface area contributed by atoms with Crippen LogP contribution in [0.25, 0.3) is 11.1 Å². The number of methoxy groups -OCH3 is 1. The first-order valence-electron chi connectivity index (χ1n) is 8.56. The Hall–Kier alpha value is -2.41. The third-order valence-corrected chi connectivity index (χ3v) is 5.80. The average Bonchev–Trinajstić information content (AvgIpc) is 3.03. The molecule has 0 bridgehead atoms. The second-order valence-electron chi connectivity index (χ2n) is 5.99. The highest BCUT2D eigenvalue weighted by molar-refractivity contribution is 7.80. The van der Waals surface area contributed by atoms with Crippen molar-refractivity contribution in [1.29, 1.82) is 0 Å². The standard InChI is InChI=1S/C21H19ClN2O2S2/c1-13-17(14-8-4-3-5-9-14)18(20(25)26-2)19(28-13)24-21(27)23-12-15-10-6-7-11-16(15)22/h3-11H,12H2,1-2H3,(H2,23,24,27). The van der Waals surface area contributed by atoms with Gasteiger partial charge in [-0.2, -0.15) is 0 Å². The van der Waals surface area contributed by atoms with Gasteiger partial charge in [-0.25, -0.2) is 4.79 Å². The largest absolute Gasteiger partial charge is 0.465 e. The van der Waals surface area contributed by atoms with E-state index in [-0.39, 0.29) is 0 Å². The molecule has 0 unspecified atom stereocenters. The van der Waals surface area contributed by atoms with E-state index in [1.807, 2.05) is 61.5 Å². The summed E-state index contributed by atoms with van der Waals surface area (Å²) in [5.74, 6) is -0.403. The molecule has 0 aliphatic heterocycles. The number of rotatable bonds is 5. The van der Waals surface area contributed by atoms with E-state index in [2.05, 4.69) is 10.6 Å². The van der Waals surface area contributed by atoms with E-state index in [9.17, 15) is 4.79 Å². The number of ether oxygens (including phenoxy) is 1. The highest BCUT2D eigenvalue weighted by Crippen LogP contribution is 2.40. The van der Waals surface area contributed by atoms with Gasteiger partial charge in [0.05, 0.1) is 7.11 Å². The lowest BCUT2D eigenvalue weighted by atomic mass is 10.0. The minimum absolute atomic E-state index is 0.403. The molecule has 0 saturated carbocycles. The van der Waals surface area contributed by atoms with E-state index < -0.39 is 5.97 Å². The van der Waals surface area contributed by atoms with Crippen molar-refractivity contribution in [2.24, 2.45) is 0 Å². The van der Waals surface area contributed by atoms with E-state index in [0.717, 1.165) is 21.6 Å². The van der Waals surface area contributed by atoms with Gasteiger partial charge in [0.2, 0.25) is 0 Å². The minimum atomic E-state index is -0.403. The third-order valence-electron chi connectivity index (χ3n) is 4.16. The number of halogens is 1. The van der Waals surface area contributed by atoms with Crippen LogP contribution in [-0.2, 0) is 11.3 Å². The Morgan fingerprint density at radius 3 is 2.50 bits per heavy atom. The zero-order valence-corrected chi connectivity index (χ0v) is 17.8. The van der Waals surface area contributed by atoms with Crippen molar-refractivity contribution in [3.05, 3.63) is 75.6 Å². The maximum Gasteiger partial charge on any atom is 0.341 e. The molecule has 1 heterocycles. The fourth-order valence-electron chi connectivity index (χ4n) is 2.85. The molecule has 0 aliphatic carbocycles. The topological polar surface area (TPSA) is 50.4 Å². The van der Waals surface area contributed by atoms with Gasteiger partial charge in [0.15, 0.2) is 5.11 Å². The first kappa shape index (κ1) is 20.3. The summed E-state index contributed by atoms with van der Waals surface area (Å²) < 4.78 is 5.03. The number of hydrogen-bond donors (Lipinski definition) is 2. The third kappa shape index (κ3) is 4.52. The summed E-state index contributed by atoms with van der Waals surface area (Å²) in [6, 6.07) is 17.3. The molecular formula is C21H19ClN2O2S2. The molecule has 0 atom stereocenters. The predicted molar refractivity (Wildman–Crippen MR) is 120 cm³/mol. The number of esters is 1. The minimum Gasteiger partial charge on any atom is -0.465 e. The molecule has 2 aromatic carbocycles. The van der Waals surface area contributed by atoms with Crippen LogP contribution in [0.15, 0.2) is 54.6 Å². The van der Waals surface area contributed by atoms with Crippen LogP contribution in [0.2, 0.25) is 5.02 Å². The fourth-order valence-corrected chi connectivity index (χ4v) is 4.36. The van der Waals surface area contributed by atoms with Gasteiger partial charge in [0, 0.05) is 22.0 Å². The van der Waals surface area contributed by atoms with E-state index in [1.165, 1.54) is 18.4 Å². The molecule has 1 aromatic heterocycles. The van der Waals surface area contributed by atoms with Crippen LogP contribution in [0, 0.1) is 6.92 Å². The Labute approximate surface area is 178 Å². The smallest absolute Gasteiger partial charge is 0.341 e. The molecule has 144 valence electrons. The highest BCUT2D eigenvalue weighted by Gasteiger charge is 2.24. The molecule has 0 spiro atoms. The summed E-state index contributed by atoms with van der Waals surface area (Å²) in [4.78, 5) is 13.5. The number of hydrogen-bond acceptors (Lipinski definition) is 4. The highest BCUT2D eigenvalue weighted by atomic mass is 35.5. The zero-order chi connectivity index (χ0) is 20.1. The molecule has 0 saturated heterocycles. The lowest BCUT2D eigenvalue weighted by Gasteiger charge is -2.12. The number of thiocarbonyl (C=S) groups is 1. The Bertz CT molecular complexity index is 1000. The van der Waals surface area contributed by atoms with Gasteiger partial charge in [0.1, 0.15) is 10.6 Å². The molecule has 0 fully saturated rings. The molecule has 0 radical (unpaired) electrons. The molecule has 28 heavy (non-hydrogen) atoms. The van der Waals surface area contributed by atoms with Crippen LogP contribution in [-0.4, -0.2) is 18.2 Å². The van der Waals surface area contributed by atoms with Crippen molar-refractivity contribution in [2.45, 2.75) is 13.5 Å². The maximum atomic E-state index is 12.5. The lowest BCUT2D eigenvalue weighted by molar-refractivity contribution is 0.0603. The number of nitrogens with one attached hydrogen (secondary N) is 2. The predicted octanol–water partition coefficient (Wildman–Crippen LogP) is 5.65. The molecule has 0 amide bonds. The van der Waals surface area contributed by atoms with Gasteiger partial charge in [-0.15, -0.1) is 11.3 Å². The van der Waals surface area contributed by atoms with E-state index in [4.69, 9.17) is 28.6 Å². The normalized spacial score (nSPS) is 10.4. The molecule has 3 rings (SSSR count).